The summed E-state index contributed by atoms with van der Waals surface area (Å²) in [6, 6.07) is -0.427. The van der Waals surface area contributed by atoms with E-state index in [9.17, 15) is 15.0 Å². The molecule has 0 aromatic carbocycles. The minimum Gasteiger partial charge on any atom is -0.465 e. The van der Waals surface area contributed by atoms with Crippen LogP contribution in [-0.4, -0.2) is 51.5 Å². The highest BCUT2D eigenvalue weighted by Gasteiger charge is 2.47. The number of carboxylic acid groups (broad SMARTS) is 1. The van der Waals surface area contributed by atoms with Crippen LogP contribution in [0.1, 0.15) is 34.6 Å². The summed E-state index contributed by atoms with van der Waals surface area (Å²) in [4.78, 5) is 12.8. The van der Waals surface area contributed by atoms with Crippen LogP contribution in [0.15, 0.2) is 0 Å². The average Bonchev–Trinajstić information content (AvgIpc) is 2.10. The first-order valence-electron chi connectivity index (χ1n) is 6.04. The summed E-state index contributed by atoms with van der Waals surface area (Å²) >= 11 is 0. The Morgan fingerprint density at radius 2 is 1.94 bits per heavy atom. The number of hydrogen-bond donors (Lipinski definition) is 3. The Bertz CT molecular complexity index is 297. The van der Waals surface area contributed by atoms with E-state index in [2.05, 4.69) is 5.32 Å². The van der Waals surface area contributed by atoms with Gasteiger partial charge < -0.3 is 15.5 Å². The van der Waals surface area contributed by atoms with Gasteiger partial charge in [0.15, 0.2) is 0 Å². The second-order valence-corrected chi connectivity index (χ2v) is 6.12. The topological polar surface area (TPSA) is 72.8 Å². The van der Waals surface area contributed by atoms with Gasteiger partial charge in [0, 0.05) is 18.6 Å². The molecule has 1 saturated heterocycles. The zero-order chi connectivity index (χ0) is 13.4. The van der Waals surface area contributed by atoms with Crippen LogP contribution in [-0.2, 0) is 0 Å². The second kappa shape index (κ2) is 4.46. The third kappa shape index (κ3) is 2.72. The van der Waals surface area contributed by atoms with Gasteiger partial charge in [0.1, 0.15) is 0 Å². The van der Waals surface area contributed by atoms with Crippen molar-refractivity contribution in [3.8, 4) is 0 Å². The normalized spacial score (nSPS) is 34.5. The molecule has 0 spiro atoms. The smallest absolute Gasteiger partial charge is 0.408 e. The molecule has 1 aliphatic heterocycles. The molecule has 5 heteroatoms. The Morgan fingerprint density at radius 1 is 1.41 bits per heavy atom. The molecule has 5 nitrogen and oxygen atoms in total. The molecule has 17 heavy (non-hydrogen) atoms. The average molecular weight is 244 g/mol. The molecule has 1 rings (SSSR count). The molecule has 0 aromatic heterocycles. The monoisotopic (exact) mass is 244 g/mol. The summed E-state index contributed by atoms with van der Waals surface area (Å²) in [6.07, 6.45) is -0.987. The van der Waals surface area contributed by atoms with Crippen LogP contribution in [0.25, 0.3) is 0 Å². The number of amides is 1. The molecular formula is C12H24N2O3. The quantitative estimate of drug-likeness (QED) is 0.646. The number of aliphatic hydroxyl groups is 1. The van der Waals surface area contributed by atoms with Gasteiger partial charge >= 0.3 is 6.09 Å². The summed E-state index contributed by atoms with van der Waals surface area (Å²) in [7, 11) is 0. The van der Waals surface area contributed by atoms with Gasteiger partial charge in [0.05, 0.1) is 11.6 Å². The molecule has 3 N–H and O–H groups in total. The van der Waals surface area contributed by atoms with Crippen LogP contribution < -0.4 is 5.32 Å². The van der Waals surface area contributed by atoms with Gasteiger partial charge in [0.25, 0.3) is 0 Å². The molecule has 3 atom stereocenters. The van der Waals surface area contributed by atoms with Crippen molar-refractivity contribution in [2.24, 2.45) is 5.92 Å². The van der Waals surface area contributed by atoms with Gasteiger partial charge in [-0.2, -0.15) is 0 Å². The first kappa shape index (κ1) is 14.3. The highest BCUT2D eigenvalue weighted by atomic mass is 16.4. The van der Waals surface area contributed by atoms with Crippen LogP contribution in [0.5, 0.6) is 0 Å². The Morgan fingerprint density at radius 3 is 2.35 bits per heavy atom. The van der Waals surface area contributed by atoms with E-state index in [4.69, 9.17) is 0 Å². The van der Waals surface area contributed by atoms with Crippen molar-refractivity contribution in [3.63, 3.8) is 0 Å². The van der Waals surface area contributed by atoms with E-state index < -0.39 is 23.3 Å². The Hall–Kier alpha value is -0.810. The van der Waals surface area contributed by atoms with E-state index >= 15 is 0 Å². The molecule has 0 bridgehead atoms. The lowest BCUT2D eigenvalue weighted by atomic mass is 9.79. The fourth-order valence-corrected chi connectivity index (χ4v) is 2.42. The number of nitrogens with one attached hydrogen (secondary N) is 1. The lowest BCUT2D eigenvalue weighted by Crippen LogP contribution is -2.68. The molecule has 0 aliphatic carbocycles. The maximum Gasteiger partial charge on any atom is 0.408 e. The molecule has 0 aromatic rings. The van der Waals surface area contributed by atoms with Gasteiger partial charge in [-0.1, -0.05) is 6.92 Å². The first-order chi connectivity index (χ1) is 7.58. The lowest BCUT2D eigenvalue weighted by molar-refractivity contribution is -0.0973. The summed E-state index contributed by atoms with van der Waals surface area (Å²) in [5.74, 6) is 0.0189. The van der Waals surface area contributed by atoms with Crippen LogP contribution in [0.3, 0.4) is 0 Å². The zero-order valence-corrected chi connectivity index (χ0v) is 11.3. The van der Waals surface area contributed by atoms with E-state index in [1.807, 2.05) is 27.7 Å². The predicted octanol–water partition coefficient (Wildman–Crippen LogP) is 1.12. The van der Waals surface area contributed by atoms with E-state index in [1.54, 1.807) is 6.92 Å². The Labute approximate surface area is 103 Å². The molecule has 0 unspecified atom stereocenters. The highest BCUT2D eigenvalue weighted by molar-refractivity contribution is 5.66. The number of hydrogen-bond acceptors (Lipinski definition) is 3. The van der Waals surface area contributed by atoms with Crippen molar-refractivity contribution in [2.45, 2.75) is 51.8 Å². The third-order valence-corrected chi connectivity index (χ3v) is 3.70. The van der Waals surface area contributed by atoms with Gasteiger partial charge in [-0.05, 0) is 33.6 Å². The van der Waals surface area contributed by atoms with Gasteiger partial charge in [0.2, 0.25) is 0 Å². The van der Waals surface area contributed by atoms with Crippen LogP contribution in [0, 0.1) is 5.92 Å². The van der Waals surface area contributed by atoms with Crippen LogP contribution in [0.2, 0.25) is 0 Å². The zero-order valence-electron chi connectivity index (χ0n) is 11.3. The molecule has 0 radical (unpaired) electrons. The molecule has 0 saturated carbocycles. The first-order valence-corrected chi connectivity index (χ1v) is 6.04. The Kier molecular flexibility index (Phi) is 3.74. The largest absolute Gasteiger partial charge is 0.465 e. The third-order valence-electron chi connectivity index (χ3n) is 3.70. The number of nitrogens with zero attached hydrogens (tertiary/aromatic N) is 1. The van der Waals surface area contributed by atoms with Gasteiger partial charge in [-0.15, -0.1) is 0 Å². The van der Waals surface area contributed by atoms with Crippen molar-refractivity contribution >= 4 is 6.09 Å². The van der Waals surface area contributed by atoms with Crippen molar-refractivity contribution in [1.29, 1.82) is 0 Å². The standard InChI is InChI=1S/C12H24N2O3/c1-8-6-13-7-9(12(8,5)17)14(10(15)16)11(2,3)4/h8-9,13,17H,6-7H2,1-5H3,(H,15,16)/t8-,9+,12-/m0/s1. The fourth-order valence-electron chi connectivity index (χ4n) is 2.42. The molecular weight excluding hydrogens is 220 g/mol. The summed E-state index contributed by atoms with van der Waals surface area (Å²) in [5.41, 5.74) is -1.53. The summed E-state index contributed by atoms with van der Waals surface area (Å²) < 4.78 is 0. The minimum absolute atomic E-state index is 0.0189. The predicted molar refractivity (Wildman–Crippen MR) is 66.1 cm³/mol. The summed E-state index contributed by atoms with van der Waals surface area (Å²) in [6.45, 7) is 10.4. The number of rotatable bonds is 1. The van der Waals surface area contributed by atoms with Crippen molar-refractivity contribution in [1.82, 2.24) is 10.2 Å². The van der Waals surface area contributed by atoms with Gasteiger partial charge in [-0.25, -0.2) is 4.79 Å². The van der Waals surface area contributed by atoms with Crippen molar-refractivity contribution in [2.75, 3.05) is 13.1 Å². The summed E-state index contributed by atoms with van der Waals surface area (Å²) in [5, 5.41) is 23.1. The SMILES string of the molecule is C[C@H]1CNC[C@@H](N(C(=O)O)C(C)(C)C)[C@@]1(C)O. The molecule has 1 amide bonds. The van der Waals surface area contributed by atoms with E-state index in [-0.39, 0.29) is 5.92 Å². The number of piperidine rings is 1. The maximum atomic E-state index is 11.4. The van der Waals surface area contributed by atoms with E-state index in [0.29, 0.717) is 13.1 Å². The van der Waals surface area contributed by atoms with E-state index in [1.165, 1.54) is 4.90 Å². The highest BCUT2D eigenvalue weighted by Crippen LogP contribution is 2.31. The fraction of sp³-hybridized carbons (Fsp3) is 0.917. The maximum absolute atomic E-state index is 11.4. The van der Waals surface area contributed by atoms with E-state index in [0.717, 1.165) is 0 Å². The van der Waals surface area contributed by atoms with Crippen molar-refractivity contribution < 1.29 is 15.0 Å². The van der Waals surface area contributed by atoms with Crippen molar-refractivity contribution in [3.05, 3.63) is 0 Å². The minimum atomic E-state index is -1.00. The number of carbonyl (C=O) groups is 1. The molecule has 1 aliphatic rings. The van der Waals surface area contributed by atoms with Crippen LogP contribution >= 0.6 is 0 Å². The van der Waals surface area contributed by atoms with Crippen LogP contribution in [0.4, 0.5) is 4.79 Å². The second-order valence-electron chi connectivity index (χ2n) is 6.12. The molecule has 1 heterocycles. The Balaban J connectivity index is 3.06. The molecule has 100 valence electrons. The molecule has 1 fully saturated rings. The lowest BCUT2D eigenvalue weighted by Gasteiger charge is -2.50. The van der Waals surface area contributed by atoms with Gasteiger partial charge in [-0.3, -0.25) is 4.90 Å².